The van der Waals surface area contributed by atoms with Gasteiger partial charge >= 0.3 is 0 Å². The van der Waals surface area contributed by atoms with Crippen molar-refractivity contribution in [1.29, 1.82) is 0 Å². The van der Waals surface area contributed by atoms with Crippen LogP contribution in [0.25, 0.3) is 0 Å². The van der Waals surface area contributed by atoms with Gasteiger partial charge in [-0.05, 0) is 32.5 Å². The number of hydrogen-bond donors (Lipinski definition) is 1. The fourth-order valence-corrected chi connectivity index (χ4v) is 2.38. The van der Waals surface area contributed by atoms with E-state index in [1.165, 1.54) is 11.3 Å². The van der Waals surface area contributed by atoms with Crippen molar-refractivity contribution in [3.8, 4) is 5.75 Å². The lowest BCUT2D eigenvalue weighted by Crippen LogP contribution is -2.13. The van der Waals surface area contributed by atoms with Crippen molar-refractivity contribution >= 4 is 0 Å². The molecule has 0 atom stereocenters. The molecule has 0 spiro atoms. The maximum absolute atomic E-state index is 5.72. The molecule has 0 radical (unpaired) electrons. The highest BCUT2D eigenvalue weighted by Crippen LogP contribution is 2.14. The maximum atomic E-state index is 5.72. The van der Waals surface area contributed by atoms with E-state index in [9.17, 15) is 0 Å². The van der Waals surface area contributed by atoms with Crippen LogP contribution >= 0.6 is 0 Å². The fraction of sp³-hybridized carbons (Fsp3) is 0.471. The third kappa shape index (κ3) is 4.33. The van der Waals surface area contributed by atoms with Gasteiger partial charge in [0, 0.05) is 30.8 Å². The molecule has 4 heteroatoms. The molecule has 21 heavy (non-hydrogen) atoms. The summed E-state index contributed by atoms with van der Waals surface area (Å²) in [6.45, 7) is 9.83. The summed E-state index contributed by atoms with van der Waals surface area (Å²) in [6.07, 6.45) is 0.956. The van der Waals surface area contributed by atoms with Crippen molar-refractivity contribution < 1.29 is 4.74 Å². The second kappa shape index (κ2) is 7.84. The number of benzene rings is 1. The van der Waals surface area contributed by atoms with Crippen LogP contribution in [0, 0.1) is 13.8 Å². The Morgan fingerprint density at radius 2 is 1.95 bits per heavy atom. The summed E-state index contributed by atoms with van der Waals surface area (Å²) >= 11 is 0. The molecule has 114 valence electrons. The molecule has 0 unspecified atom stereocenters. The summed E-state index contributed by atoms with van der Waals surface area (Å²) in [6, 6.07) is 9.94. The number of para-hydroxylation sites is 1. The van der Waals surface area contributed by atoms with Crippen LogP contribution in [0.3, 0.4) is 0 Å². The Bertz CT molecular complexity index is 549. The minimum absolute atomic E-state index is 0.713. The number of ether oxygens (including phenoxy) is 1. The Morgan fingerprint density at radius 3 is 2.67 bits per heavy atom. The van der Waals surface area contributed by atoms with E-state index in [-0.39, 0.29) is 0 Å². The third-order valence-electron chi connectivity index (χ3n) is 3.61. The Kier molecular flexibility index (Phi) is 5.81. The molecular formula is C17H25N3O. The molecule has 1 aromatic heterocycles. The smallest absolute Gasteiger partial charge is 0.119 e. The molecule has 0 aliphatic carbocycles. The van der Waals surface area contributed by atoms with Gasteiger partial charge in [0.15, 0.2) is 0 Å². The highest BCUT2D eigenvalue weighted by atomic mass is 16.5. The van der Waals surface area contributed by atoms with Gasteiger partial charge in [-0.15, -0.1) is 0 Å². The van der Waals surface area contributed by atoms with E-state index in [1.807, 2.05) is 30.3 Å². The van der Waals surface area contributed by atoms with Crippen molar-refractivity contribution in [2.45, 2.75) is 40.3 Å². The predicted octanol–water partition coefficient (Wildman–Crippen LogP) is 3.08. The first kappa shape index (κ1) is 15.6. The van der Waals surface area contributed by atoms with Crippen LogP contribution in [0.1, 0.15) is 30.3 Å². The Morgan fingerprint density at radius 1 is 1.19 bits per heavy atom. The van der Waals surface area contributed by atoms with Crippen LogP contribution in [0.5, 0.6) is 5.75 Å². The lowest BCUT2D eigenvalue weighted by atomic mass is 10.2. The topological polar surface area (TPSA) is 39.1 Å². The van der Waals surface area contributed by atoms with Crippen molar-refractivity contribution in [2.75, 3.05) is 13.2 Å². The minimum Gasteiger partial charge on any atom is -0.494 e. The molecule has 0 saturated carbocycles. The number of aromatic nitrogens is 2. The van der Waals surface area contributed by atoms with Gasteiger partial charge in [-0.3, -0.25) is 4.68 Å². The predicted molar refractivity (Wildman–Crippen MR) is 85.6 cm³/mol. The van der Waals surface area contributed by atoms with Crippen LogP contribution in [0.4, 0.5) is 0 Å². The van der Waals surface area contributed by atoms with Crippen molar-refractivity contribution in [3.63, 3.8) is 0 Å². The highest BCUT2D eigenvalue weighted by molar-refractivity contribution is 5.24. The quantitative estimate of drug-likeness (QED) is 0.758. The average molecular weight is 287 g/mol. The Labute approximate surface area is 127 Å². The molecule has 1 heterocycles. The number of aryl methyl sites for hydroxylation is 2. The molecule has 2 aromatic rings. The number of hydrogen-bond acceptors (Lipinski definition) is 3. The zero-order valence-electron chi connectivity index (χ0n) is 13.2. The van der Waals surface area contributed by atoms with Crippen LogP contribution in [0.2, 0.25) is 0 Å². The summed E-state index contributed by atoms with van der Waals surface area (Å²) in [5.74, 6) is 0.929. The van der Waals surface area contributed by atoms with E-state index in [1.54, 1.807) is 0 Å². The van der Waals surface area contributed by atoms with Gasteiger partial charge in [0.2, 0.25) is 0 Å². The average Bonchev–Trinajstić information content (AvgIpc) is 2.77. The van der Waals surface area contributed by atoms with Crippen molar-refractivity contribution in [3.05, 3.63) is 47.3 Å². The molecule has 1 aromatic carbocycles. The molecule has 0 fully saturated rings. The first-order valence-electron chi connectivity index (χ1n) is 7.63. The zero-order valence-corrected chi connectivity index (χ0v) is 13.2. The number of nitrogens with zero attached hydrogens (tertiary/aromatic N) is 2. The molecule has 2 rings (SSSR count). The molecule has 0 amide bonds. The molecule has 0 aliphatic heterocycles. The van der Waals surface area contributed by atoms with Crippen molar-refractivity contribution in [1.82, 2.24) is 15.1 Å². The van der Waals surface area contributed by atoms with E-state index >= 15 is 0 Å². The van der Waals surface area contributed by atoms with Gasteiger partial charge in [0.25, 0.3) is 0 Å². The molecular weight excluding hydrogens is 262 g/mol. The summed E-state index contributed by atoms with van der Waals surface area (Å²) in [7, 11) is 0. The monoisotopic (exact) mass is 287 g/mol. The summed E-state index contributed by atoms with van der Waals surface area (Å²) in [4.78, 5) is 0. The number of rotatable bonds is 8. The zero-order chi connectivity index (χ0) is 15.1. The lowest BCUT2D eigenvalue weighted by Gasteiger charge is -2.08. The first-order valence-corrected chi connectivity index (χ1v) is 7.63. The van der Waals surface area contributed by atoms with Gasteiger partial charge in [0.05, 0.1) is 12.3 Å². The fourth-order valence-electron chi connectivity index (χ4n) is 2.38. The minimum atomic E-state index is 0.713. The summed E-state index contributed by atoms with van der Waals surface area (Å²) < 4.78 is 7.81. The lowest BCUT2D eigenvalue weighted by molar-refractivity contribution is 0.298. The molecule has 0 saturated heterocycles. The van der Waals surface area contributed by atoms with Gasteiger partial charge in [-0.1, -0.05) is 25.1 Å². The van der Waals surface area contributed by atoms with Gasteiger partial charge < -0.3 is 10.1 Å². The summed E-state index contributed by atoms with van der Waals surface area (Å²) in [5.41, 5.74) is 3.70. The van der Waals surface area contributed by atoms with E-state index in [2.05, 4.69) is 35.9 Å². The number of nitrogens with one attached hydrogen (secondary N) is 1. The van der Waals surface area contributed by atoms with E-state index in [4.69, 9.17) is 4.74 Å². The molecule has 1 N–H and O–H groups in total. The second-order valence-electron chi connectivity index (χ2n) is 5.17. The van der Waals surface area contributed by atoms with E-state index in [0.717, 1.165) is 37.5 Å². The molecule has 4 nitrogen and oxygen atoms in total. The highest BCUT2D eigenvalue weighted by Gasteiger charge is 2.10. The normalized spacial score (nSPS) is 10.8. The Hall–Kier alpha value is -1.81. The van der Waals surface area contributed by atoms with Crippen LogP contribution in [-0.4, -0.2) is 22.9 Å². The standard InChI is InChI=1S/C17H25N3O/c1-4-18-13-17-14(2)19-20(15(17)3)11-8-12-21-16-9-6-5-7-10-16/h5-7,9-10,18H,4,8,11-13H2,1-3H3. The third-order valence-corrected chi connectivity index (χ3v) is 3.61. The van der Waals surface area contributed by atoms with E-state index < -0.39 is 0 Å². The van der Waals surface area contributed by atoms with Crippen molar-refractivity contribution in [2.24, 2.45) is 0 Å². The van der Waals surface area contributed by atoms with Gasteiger partial charge in [-0.25, -0.2) is 0 Å². The summed E-state index contributed by atoms with van der Waals surface area (Å²) in [5, 5.41) is 8.00. The van der Waals surface area contributed by atoms with Gasteiger partial charge in [0.1, 0.15) is 5.75 Å². The molecule has 0 aliphatic rings. The van der Waals surface area contributed by atoms with Crippen LogP contribution < -0.4 is 10.1 Å². The van der Waals surface area contributed by atoms with Crippen LogP contribution in [0.15, 0.2) is 30.3 Å². The van der Waals surface area contributed by atoms with E-state index in [0.29, 0.717) is 6.61 Å². The van der Waals surface area contributed by atoms with Gasteiger partial charge in [-0.2, -0.15) is 5.10 Å². The SMILES string of the molecule is CCNCc1c(C)nn(CCCOc2ccccc2)c1C. The van der Waals surface area contributed by atoms with Crippen LogP contribution in [-0.2, 0) is 13.1 Å². The Balaban J connectivity index is 1.83. The largest absolute Gasteiger partial charge is 0.494 e. The first-order chi connectivity index (χ1) is 10.2. The second-order valence-corrected chi connectivity index (χ2v) is 5.17. The molecule has 0 bridgehead atoms. The maximum Gasteiger partial charge on any atom is 0.119 e.